The van der Waals surface area contributed by atoms with E-state index < -0.39 is 11.9 Å². The summed E-state index contributed by atoms with van der Waals surface area (Å²) in [6, 6.07) is 9.48. The molecule has 28 heavy (non-hydrogen) atoms. The van der Waals surface area contributed by atoms with E-state index in [0.29, 0.717) is 11.0 Å². The lowest BCUT2D eigenvalue weighted by Crippen LogP contribution is -2.38. The van der Waals surface area contributed by atoms with Gasteiger partial charge in [-0.05, 0) is 30.7 Å². The first-order valence-corrected chi connectivity index (χ1v) is 8.48. The van der Waals surface area contributed by atoms with Crippen LogP contribution in [0, 0.1) is 11.3 Å². The monoisotopic (exact) mass is 384 g/mol. The van der Waals surface area contributed by atoms with Gasteiger partial charge in [-0.25, -0.2) is 9.79 Å². The highest BCUT2D eigenvalue weighted by Crippen LogP contribution is 2.15. The largest absolute Gasteiger partial charge is 0.550 e. The SMILES string of the molecule is CC(=O)[O-].CN(C)c1ccc(C=C(C#N)C(=O)OCC[N+]2(C)C=CN=C2)cc1. The Balaban J connectivity index is 0.000000892. The summed E-state index contributed by atoms with van der Waals surface area (Å²) < 4.78 is 5.68. The fraction of sp³-hybridized carbons (Fsp3) is 0.300. The molecular weight excluding hydrogens is 360 g/mol. The van der Waals surface area contributed by atoms with Crippen LogP contribution in [0.1, 0.15) is 12.5 Å². The number of nitriles is 1. The second-order valence-corrected chi connectivity index (χ2v) is 6.42. The Morgan fingerprint density at radius 3 is 2.39 bits per heavy atom. The van der Waals surface area contributed by atoms with E-state index in [4.69, 9.17) is 14.6 Å². The fourth-order valence-electron chi connectivity index (χ4n) is 2.14. The maximum Gasteiger partial charge on any atom is 0.349 e. The van der Waals surface area contributed by atoms with Crippen LogP contribution in [0.25, 0.3) is 6.08 Å². The number of anilines is 1. The van der Waals surface area contributed by atoms with E-state index in [1.54, 1.807) is 12.5 Å². The van der Waals surface area contributed by atoms with Crippen LogP contribution in [-0.4, -0.2) is 57.1 Å². The van der Waals surface area contributed by atoms with E-state index in [-0.39, 0.29) is 12.2 Å². The van der Waals surface area contributed by atoms with Gasteiger partial charge in [0.15, 0.2) is 6.34 Å². The quantitative estimate of drug-likeness (QED) is 0.312. The number of rotatable bonds is 6. The lowest BCUT2D eigenvalue weighted by Gasteiger charge is -2.20. The van der Waals surface area contributed by atoms with Crippen molar-refractivity contribution in [1.29, 1.82) is 5.26 Å². The second kappa shape index (κ2) is 10.6. The molecule has 0 N–H and O–H groups in total. The summed E-state index contributed by atoms with van der Waals surface area (Å²) in [6.45, 7) is 1.76. The van der Waals surface area contributed by atoms with E-state index in [0.717, 1.165) is 18.2 Å². The molecule has 8 nitrogen and oxygen atoms in total. The van der Waals surface area contributed by atoms with Gasteiger partial charge < -0.3 is 19.5 Å². The van der Waals surface area contributed by atoms with Gasteiger partial charge in [0.1, 0.15) is 31.0 Å². The number of esters is 1. The third kappa shape index (κ3) is 7.85. The normalized spacial score (nSPS) is 17.3. The van der Waals surface area contributed by atoms with E-state index in [9.17, 15) is 10.1 Å². The smallest absolute Gasteiger partial charge is 0.349 e. The number of hydrogen-bond acceptors (Lipinski definition) is 7. The molecule has 1 aliphatic rings. The Morgan fingerprint density at radius 2 is 1.93 bits per heavy atom. The third-order valence-corrected chi connectivity index (χ3v) is 3.69. The first kappa shape index (κ1) is 22.6. The zero-order valence-electron chi connectivity index (χ0n) is 16.5. The molecular formula is C20H24N4O4. The molecule has 0 radical (unpaired) electrons. The Bertz CT molecular complexity index is 802. The number of aliphatic imine (C=N–C) groups is 1. The van der Waals surface area contributed by atoms with Crippen LogP contribution in [-0.2, 0) is 14.3 Å². The molecule has 2 rings (SSSR count). The molecule has 1 unspecified atom stereocenters. The molecule has 148 valence electrons. The number of carbonyl (C=O) groups is 2. The van der Waals surface area contributed by atoms with Crippen molar-refractivity contribution >= 4 is 30.0 Å². The lowest BCUT2D eigenvalue weighted by atomic mass is 10.1. The van der Waals surface area contributed by atoms with Gasteiger partial charge in [-0.15, -0.1) is 0 Å². The minimum Gasteiger partial charge on any atom is -0.550 e. The van der Waals surface area contributed by atoms with E-state index in [1.165, 1.54) is 6.08 Å². The molecule has 1 atom stereocenters. The Kier molecular flexibility index (Phi) is 8.59. The summed E-state index contributed by atoms with van der Waals surface area (Å²) in [4.78, 5) is 26.9. The molecule has 0 saturated heterocycles. The molecule has 0 aromatic heterocycles. The van der Waals surface area contributed by atoms with Gasteiger partial charge in [-0.3, -0.25) is 4.48 Å². The van der Waals surface area contributed by atoms with Crippen molar-refractivity contribution in [3.63, 3.8) is 0 Å². The predicted octanol–water partition coefficient (Wildman–Crippen LogP) is 0.919. The average molecular weight is 384 g/mol. The number of quaternary nitrogens is 1. The van der Waals surface area contributed by atoms with E-state index in [2.05, 4.69) is 4.99 Å². The summed E-state index contributed by atoms with van der Waals surface area (Å²) in [5.74, 6) is -1.69. The summed E-state index contributed by atoms with van der Waals surface area (Å²) in [6.07, 6.45) is 6.91. The minimum atomic E-state index is -1.08. The molecule has 8 heteroatoms. The number of likely N-dealkylation sites (N-methyl/N-ethyl adjacent to an activating group) is 1. The van der Waals surface area contributed by atoms with Gasteiger partial charge in [0.05, 0.1) is 13.2 Å². The van der Waals surface area contributed by atoms with Gasteiger partial charge in [-0.1, -0.05) is 12.1 Å². The van der Waals surface area contributed by atoms with Crippen LogP contribution < -0.4 is 10.0 Å². The molecule has 0 saturated carbocycles. The average Bonchev–Trinajstić information content (AvgIpc) is 3.06. The molecule has 0 amide bonds. The Morgan fingerprint density at radius 1 is 1.32 bits per heavy atom. The number of aliphatic carboxylic acids is 1. The zero-order valence-corrected chi connectivity index (χ0v) is 16.5. The van der Waals surface area contributed by atoms with Gasteiger partial charge in [0, 0.05) is 25.8 Å². The number of carboxylic acid groups (broad SMARTS) is 1. The van der Waals surface area contributed by atoms with Crippen LogP contribution in [0.5, 0.6) is 0 Å². The highest BCUT2D eigenvalue weighted by Gasteiger charge is 2.20. The van der Waals surface area contributed by atoms with Gasteiger partial charge in [-0.2, -0.15) is 5.26 Å². The number of carboxylic acids is 1. The van der Waals surface area contributed by atoms with Crippen LogP contribution in [0.3, 0.4) is 0 Å². The van der Waals surface area contributed by atoms with Crippen molar-refractivity contribution in [2.75, 3.05) is 39.2 Å². The van der Waals surface area contributed by atoms with Crippen LogP contribution in [0.2, 0.25) is 0 Å². The second-order valence-electron chi connectivity index (χ2n) is 6.42. The third-order valence-electron chi connectivity index (χ3n) is 3.69. The maximum absolute atomic E-state index is 12.1. The summed E-state index contributed by atoms with van der Waals surface area (Å²) in [5.41, 5.74) is 1.81. The first-order chi connectivity index (χ1) is 13.2. The van der Waals surface area contributed by atoms with Crippen molar-refractivity contribution in [2.24, 2.45) is 4.99 Å². The standard InChI is InChI=1S/C18H21N4O2.C2H4O2/c1-21(2)17-6-4-15(5-7-17)12-16(13-19)18(23)24-11-10-22(3)9-8-20-14-22;1-2(3)4/h4-9,12,14H,10-11H2,1-3H3;1H3,(H,3,4)/q+1;/p-1. The molecule has 0 fully saturated rings. The van der Waals surface area contributed by atoms with Crippen LogP contribution >= 0.6 is 0 Å². The van der Waals surface area contributed by atoms with Gasteiger partial charge in [0.25, 0.3) is 0 Å². The highest BCUT2D eigenvalue weighted by molar-refractivity contribution is 5.97. The molecule has 0 spiro atoms. The van der Waals surface area contributed by atoms with Crippen molar-refractivity contribution in [1.82, 2.24) is 0 Å². The van der Waals surface area contributed by atoms with Crippen molar-refractivity contribution in [3.05, 3.63) is 47.8 Å². The number of benzene rings is 1. The highest BCUT2D eigenvalue weighted by atomic mass is 16.5. The molecule has 1 aliphatic heterocycles. The van der Waals surface area contributed by atoms with Crippen LogP contribution in [0.15, 0.2) is 47.2 Å². The predicted molar refractivity (Wildman–Crippen MR) is 105 cm³/mol. The zero-order chi connectivity index (χ0) is 21.2. The summed E-state index contributed by atoms with van der Waals surface area (Å²) in [5, 5.41) is 18.1. The lowest BCUT2D eigenvalue weighted by molar-refractivity contribution is -0.756. The van der Waals surface area contributed by atoms with Crippen molar-refractivity contribution < 1.29 is 23.9 Å². The van der Waals surface area contributed by atoms with E-state index >= 15 is 0 Å². The van der Waals surface area contributed by atoms with Crippen LogP contribution in [0.4, 0.5) is 5.69 Å². The van der Waals surface area contributed by atoms with Gasteiger partial charge >= 0.3 is 5.97 Å². The van der Waals surface area contributed by atoms with E-state index in [1.807, 2.05) is 62.6 Å². The molecule has 1 heterocycles. The number of hydrogen-bond donors (Lipinski definition) is 0. The summed E-state index contributed by atoms with van der Waals surface area (Å²) in [7, 11) is 5.85. The topological polar surface area (TPSA) is 106 Å². The van der Waals surface area contributed by atoms with Gasteiger partial charge in [0.2, 0.25) is 0 Å². The number of nitrogens with zero attached hydrogens (tertiary/aromatic N) is 4. The Hall–Kier alpha value is -3.44. The molecule has 1 aromatic rings. The number of carbonyl (C=O) groups excluding carboxylic acids is 2. The summed E-state index contributed by atoms with van der Waals surface area (Å²) >= 11 is 0. The Labute approximate surface area is 164 Å². The fourth-order valence-corrected chi connectivity index (χ4v) is 2.14. The minimum absolute atomic E-state index is 0.0131. The molecule has 0 aliphatic carbocycles. The number of ether oxygens (including phenoxy) is 1. The molecule has 0 bridgehead atoms. The maximum atomic E-state index is 12.1. The first-order valence-electron chi connectivity index (χ1n) is 8.48. The van der Waals surface area contributed by atoms with Crippen molar-refractivity contribution in [2.45, 2.75) is 6.92 Å². The van der Waals surface area contributed by atoms with Crippen molar-refractivity contribution in [3.8, 4) is 6.07 Å². The molecule has 1 aromatic carbocycles.